The summed E-state index contributed by atoms with van der Waals surface area (Å²) in [5.74, 6) is 1.15. The van der Waals surface area contributed by atoms with Crippen molar-refractivity contribution < 1.29 is 14.3 Å². The van der Waals surface area contributed by atoms with E-state index in [1.165, 1.54) is 0 Å². The predicted molar refractivity (Wildman–Crippen MR) is 142 cm³/mol. The maximum atomic E-state index is 13.5. The first-order valence-electron chi connectivity index (χ1n) is 12.7. The van der Waals surface area contributed by atoms with Gasteiger partial charge in [-0.05, 0) is 37.3 Å². The highest BCUT2D eigenvalue weighted by atomic mass is 16.5. The van der Waals surface area contributed by atoms with Gasteiger partial charge in [-0.1, -0.05) is 6.92 Å². The van der Waals surface area contributed by atoms with E-state index in [0.717, 1.165) is 30.4 Å². The number of aromatic nitrogens is 4. The number of methoxy groups -OCH3 is 1. The molecule has 1 aliphatic heterocycles. The normalized spacial score (nSPS) is 14.1. The quantitative estimate of drug-likeness (QED) is 0.400. The molecule has 0 aliphatic carbocycles. The third-order valence-electron chi connectivity index (χ3n) is 6.56. The van der Waals surface area contributed by atoms with Crippen LogP contribution in [0.25, 0.3) is 22.3 Å². The Morgan fingerprint density at radius 2 is 1.92 bits per heavy atom. The minimum atomic E-state index is -0.206. The van der Waals surface area contributed by atoms with Crippen LogP contribution in [0.3, 0.4) is 0 Å². The predicted octanol–water partition coefficient (Wildman–Crippen LogP) is 2.75. The van der Waals surface area contributed by atoms with Gasteiger partial charge >= 0.3 is 6.03 Å². The lowest BCUT2D eigenvalue weighted by Gasteiger charge is -2.31. The van der Waals surface area contributed by atoms with Gasteiger partial charge in [-0.25, -0.2) is 19.7 Å². The third-order valence-corrected chi connectivity index (χ3v) is 6.56. The lowest BCUT2D eigenvalue weighted by atomic mass is 9.97. The van der Waals surface area contributed by atoms with Crippen molar-refractivity contribution in [1.29, 1.82) is 0 Å². The number of urea groups is 1. The first-order chi connectivity index (χ1) is 18.0. The number of nitrogens with one attached hydrogen (secondary N) is 2. The molecule has 37 heavy (non-hydrogen) atoms. The minimum Gasteiger partial charge on any atom is -0.481 e. The zero-order valence-corrected chi connectivity index (χ0v) is 21.7. The largest absolute Gasteiger partial charge is 0.481 e. The van der Waals surface area contributed by atoms with E-state index in [0.29, 0.717) is 62.4 Å². The van der Waals surface area contributed by atoms with Gasteiger partial charge in [-0.2, -0.15) is 0 Å². The van der Waals surface area contributed by atoms with E-state index in [-0.39, 0.29) is 17.4 Å². The lowest BCUT2D eigenvalue weighted by Crippen LogP contribution is -2.44. The van der Waals surface area contributed by atoms with E-state index in [1.807, 2.05) is 24.0 Å². The van der Waals surface area contributed by atoms with Gasteiger partial charge in [0, 0.05) is 69.4 Å². The van der Waals surface area contributed by atoms with Gasteiger partial charge < -0.3 is 25.0 Å². The molecule has 4 heterocycles. The molecule has 1 saturated heterocycles. The molecule has 2 amide bonds. The van der Waals surface area contributed by atoms with Crippen LogP contribution in [0.1, 0.15) is 26.2 Å². The van der Waals surface area contributed by atoms with Crippen LogP contribution in [-0.2, 0) is 11.3 Å². The van der Waals surface area contributed by atoms with Crippen LogP contribution in [-0.4, -0.2) is 77.5 Å². The fourth-order valence-electron chi connectivity index (χ4n) is 4.43. The van der Waals surface area contributed by atoms with Gasteiger partial charge in [0.2, 0.25) is 5.88 Å². The van der Waals surface area contributed by atoms with E-state index < -0.39 is 0 Å². The highest BCUT2D eigenvalue weighted by molar-refractivity contribution is 5.79. The molecular weight excluding hydrogens is 474 g/mol. The van der Waals surface area contributed by atoms with E-state index in [4.69, 9.17) is 9.47 Å². The number of fused-ring (bicyclic) bond motifs is 1. The summed E-state index contributed by atoms with van der Waals surface area (Å²) < 4.78 is 12.5. The molecule has 0 spiro atoms. The summed E-state index contributed by atoms with van der Waals surface area (Å²) in [5.41, 5.74) is 2.61. The number of pyridine rings is 2. The van der Waals surface area contributed by atoms with Gasteiger partial charge in [0.25, 0.3) is 5.56 Å². The molecule has 0 atom stereocenters. The average molecular weight is 510 g/mol. The molecule has 0 bridgehead atoms. The third kappa shape index (κ3) is 6.34. The minimum absolute atomic E-state index is 0.0494. The SMILES string of the molecule is CCCOCCn1c(=O)c(NCC2CCN(C(=O)NC)CC2)nc2ncc(-c3ccc(OC)nc3)cc21. The molecule has 2 N–H and O–H groups in total. The van der Waals surface area contributed by atoms with Crippen molar-refractivity contribution in [2.24, 2.45) is 5.92 Å². The average Bonchev–Trinajstić information content (AvgIpc) is 2.95. The summed E-state index contributed by atoms with van der Waals surface area (Å²) in [4.78, 5) is 40.6. The van der Waals surface area contributed by atoms with Crippen LogP contribution in [0, 0.1) is 5.92 Å². The van der Waals surface area contributed by atoms with Crippen LogP contribution in [0.15, 0.2) is 35.4 Å². The van der Waals surface area contributed by atoms with E-state index in [1.54, 1.807) is 37.2 Å². The van der Waals surface area contributed by atoms with Crippen LogP contribution in [0.5, 0.6) is 5.88 Å². The molecule has 3 aromatic heterocycles. The zero-order valence-electron chi connectivity index (χ0n) is 21.7. The van der Waals surface area contributed by atoms with Crippen LogP contribution in [0.2, 0.25) is 0 Å². The van der Waals surface area contributed by atoms with E-state index in [9.17, 15) is 9.59 Å². The first-order valence-corrected chi connectivity index (χ1v) is 12.7. The Morgan fingerprint density at radius 3 is 2.59 bits per heavy atom. The van der Waals surface area contributed by atoms with Gasteiger partial charge in [0.15, 0.2) is 11.5 Å². The monoisotopic (exact) mass is 509 g/mol. The number of hydrogen-bond acceptors (Lipinski definition) is 8. The first kappa shape index (κ1) is 26.3. The van der Waals surface area contributed by atoms with Crippen molar-refractivity contribution in [1.82, 2.24) is 29.7 Å². The summed E-state index contributed by atoms with van der Waals surface area (Å²) in [6, 6.07) is 5.56. The van der Waals surface area contributed by atoms with Crippen molar-refractivity contribution in [2.45, 2.75) is 32.7 Å². The Morgan fingerprint density at radius 1 is 1.14 bits per heavy atom. The molecule has 0 saturated carbocycles. The highest BCUT2D eigenvalue weighted by Crippen LogP contribution is 2.23. The van der Waals surface area contributed by atoms with E-state index >= 15 is 0 Å². The van der Waals surface area contributed by atoms with Gasteiger partial charge in [-0.15, -0.1) is 0 Å². The zero-order chi connectivity index (χ0) is 26.2. The summed E-state index contributed by atoms with van der Waals surface area (Å²) in [5, 5.41) is 5.94. The molecule has 1 fully saturated rings. The molecule has 198 valence electrons. The van der Waals surface area contributed by atoms with Crippen molar-refractivity contribution in [3.05, 3.63) is 40.9 Å². The van der Waals surface area contributed by atoms with Crippen LogP contribution >= 0.6 is 0 Å². The second-order valence-corrected chi connectivity index (χ2v) is 9.05. The Kier molecular flexibility index (Phi) is 8.89. The Bertz CT molecular complexity index is 1250. The number of anilines is 1. The van der Waals surface area contributed by atoms with E-state index in [2.05, 4.69) is 25.6 Å². The molecule has 3 aromatic rings. The maximum Gasteiger partial charge on any atom is 0.317 e. The summed E-state index contributed by atoms with van der Waals surface area (Å²) >= 11 is 0. The summed E-state index contributed by atoms with van der Waals surface area (Å²) in [6.45, 7) is 5.49. The smallest absolute Gasteiger partial charge is 0.317 e. The number of piperidine rings is 1. The fraction of sp³-hybridized carbons (Fsp3) is 0.500. The summed E-state index contributed by atoms with van der Waals surface area (Å²) in [7, 11) is 3.22. The number of carbonyl (C=O) groups is 1. The molecular formula is C26H35N7O4. The van der Waals surface area contributed by atoms with Crippen molar-refractivity contribution >= 4 is 23.0 Å². The number of amides is 2. The molecule has 11 nitrogen and oxygen atoms in total. The van der Waals surface area contributed by atoms with Gasteiger partial charge in [0.1, 0.15) is 0 Å². The number of carbonyl (C=O) groups excluding carboxylic acids is 1. The van der Waals surface area contributed by atoms with Crippen molar-refractivity contribution in [3.8, 4) is 17.0 Å². The van der Waals surface area contributed by atoms with Crippen LogP contribution in [0.4, 0.5) is 10.6 Å². The van der Waals surface area contributed by atoms with Crippen molar-refractivity contribution in [3.63, 3.8) is 0 Å². The Balaban J connectivity index is 1.57. The molecule has 4 rings (SSSR count). The molecule has 0 unspecified atom stereocenters. The summed E-state index contributed by atoms with van der Waals surface area (Å²) in [6.07, 6.45) is 6.09. The number of likely N-dealkylation sites (tertiary alicyclic amines) is 1. The molecule has 1 aliphatic rings. The Hall–Kier alpha value is -3.73. The number of rotatable bonds is 10. The Labute approximate surface area is 216 Å². The topological polar surface area (TPSA) is 124 Å². The standard InChI is InChI=1S/C26H35N7O4/c1-4-12-37-13-11-33-21-14-20(19-5-6-22(36-3)28-16-19)17-30-23(21)31-24(25(33)34)29-15-18-7-9-32(10-8-18)26(35)27-2/h5-6,14,16-18H,4,7-13,15H2,1-3H3,(H,27,35)(H,29,30,31). The molecule has 0 aromatic carbocycles. The maximum absolute atomic E-state index is 13.5. The fourth-order valence-corrected chi connectivity index (χ4v) is 4.43. The lowest BCUT2D eigenvalue weighted by molar-refractivity contribution is 0.127. The number of nitrogens with zero attached hydrogens (tertiary/aromatic N) is 5. The second-order valence-electron chi connectivity index (χ2n) is 9.05. The van der Waals surface area contributed by atoms with Gasteiger partial charge in [-0.3, -0.25) is 9.36 Å². The van der Waals surface area contributed by atoms with Crippen molar-refractivity contribution in [2.75, 3.05) is 52.3 Å². The number of ether oxygens (including phenoxy) is 2. The van der Waals surface area contributed by atoms with Gasteiger partial charge in [0.05, 0.1) is 19.2 Å². The number of hydrogen-bond donors (Lipinski definition) is 2. The highest BCUT2D eigenvalue weighted by Gasteiger charge is 2.23. The second kappa shape index (κ2) is 12.5. The molecule has 11 heteroatoms. The van der Waals surface area contributed by atoms with Crippen LogP contribution < -0.4 is 20.9 Å². The molecule has 0 radical (unpaired) electrons.